The molecule has 1 fully saturated rings. The van der Waals surface area contributed by atoms with Gasteiger partial charge in [0.15, 0.2) is 5.03 Å². The molecule has 1 aliphatic heterocycles. The summed E-state index contributed by atoms with van der Waals surface area (Å²) in [7, 11) is -3.84. The number of hydrogen-bond donors (Lipinski definition) is 3. The molecule has 0 radical (unpaired) electrons. The fourth-order valence-corrected chi connectivity index (χ4v) is 4.16. The Morgan fingerprint density at radius 3 is 2.72 bits per heavy atom. The summed E-state index contributed by atoms with van der Waals surface area (Å²) in [5, 5.41) is 17.4. The number of carbonyl (C=O) groups is 1. The van der Waals surface area contributed by atoms with Crippen molar-refractivity contribution < 1.29 is 18.3 Å². The van der Waals surface area contributed by atoms with Crippen molar-refractivity contribution in [3.8, 4) is 0 Å². The zero-order valence-electron chi connectivity index (χ0n) is 14.8. The first-order chi connectivity index (χ1) is 11.5. The molecule has 1 atom stereocenters. The maximum atomic E-state index is 11.5. The van der Waals surface area contributed by atoms with Crippen LogP contribution in [0, 0.1) is 12.8 Å². The second-order valence-electron chi connectivity index (χ2n) is 7.21. The molecule has 4 N–H and O–H groups in total. The molecule has 1 aromatic rings. The van der Waals surface area contributed by atoms with E-state index in [-0.39, 0.29) is 10.6 Å². The molecule has 0 bridgehead atoms. The summed E-state index contributed by atoms with van der Waals surface area (Å²) in [4.78, 5) is 16.8. The summed E-state index contributed by atoms with van der Waals surface area (Å²) < 4.78 is 23.0. The van der Waals surface area contributed by atoms with Gasteiger partial charge in [0, 0.05) is 18.6 Å². The van der Waals surface area contributed by atoms with Gasteiger partial charge in [-0.3, -0.25) is 0 Å². The van der Waals surface area contributed by atoms with Crippen LogP contribution in [0.25, 0.3) is 0 Å². The molecule has 1 aromatic heterocycles. The fourth-order valence-electron chi connectivity index (χ4n) is 3.42. The van der Waals surface area contributed by atoms with Crippen LogP contribution in [0.3, 0.4) is 0 Å². The Balaban J connectivity index is 1.86. The first-order valence-corrected chi connectivity index (χ1v) is 9.80. The number of primary sulfonamides is 1. The SMILES string of the molecule is Cc1ccc(NCCC[C@@H]2CN(C(=O)O)C(C)(C)C2)nc1S(N)(=O)=O. The molecular formula is C16H26N4O4S. The third kappa shape index (κ3) is 4.82. The number of anilines is 1. The summed E-state index contributed by atoms with van der Waals surface area (Å²) in [6.45, 7) is 6.73. The average molecular weight is 370 g/mol. The highest BCUT2D eigenvalue weighted by atomic mass is 32.2. The minimum Gasteiger partial charge on any atom is -0.465 e. The molecule has 0 unspecified atom stereocenters. The number of amides is 1. The molecule has 2 heterocycles. The fraction of sp³-hybridized carbons (Fsp3) is 0.625. The number of nitrogens with one attached hydrogen (secondary N) is 1. The van der Waals surface area contributed by atoms with Gasteiger partial charge >= 0.3 is 6.09 Å². The third-order valence-electron chi connectivity index (χ3n) is 4.61. The highest BCUT2D eigenvalue weighted by molar-refractivity contribution is 7.89. The minimum absolute atomic E-state index is 0.118. The Morgan fingerprint density at radius 1 is 1.48 bits per heavy atom. The van der Waals surface area contributed by atoms with Gasteiger partial charge in [-0.2, -0.15) is 0 Å². The number of likely N-dealkylation sites (tertiary alicyclic amines) is 1. The molecular weight excluding hydrogens is 344 g/mol. The van der Waals surface area contributed by atoms with Crippen molar-refractivity contribution >= 4 is 21.9 Å². The van der Waals surface area contributed by atoms with E-state index in [4.69, 9.17) is 5.14 Å². The average Bonchev–Trinajstić information content (AvgIpc) is 2.79. The molecule has 1 aliphatic rings. The minimum atomic E-state index is -3.84. The second-order valence-corrected chi connectivity index (χ2v) is 8.69. The molecule has 9 heteroatoms. The highest BCUT2D eigenvalue weighted by Gasteiger charge is 2.40. The summed E-state index contributed by atoms with van der Waals surface area (Å²) in [5.74, 6) is 0.799. The normalized spacial score (nSPS) is 19.8. The molecule has 1 amide bonds. The van der Waals surface area contributed by atoms with Crippen molar-refractivity contribution in [2.75, 3.05) is 18.4 Å². The topological polar surface area (TPSA) is 126 Å². The predicted octanol–water partition coefficient (Wildman–Crippen LogP) is 2.01. The maximum absolute atomic E-state index is 11.5. The van der Waals surface area contributed by atoms with Gasteiger partial charge in [0.05, 0.1) is 0 Å². The van der Waals surface area contributed by atoms with Crippen molar-refractivity contribution in [1.29, 1.82) is 0 Å². The lowest BCUT2D eigenvalue weighted by Crippen LogP contribution is -2.41. The van der Waals surface area contributed by atoms with E-state index in [2.05, 4.69) is 10.3 Å². The largest absolute Gasteiger partial charge is 0.465 e. The lowest BCUT2D eigenvalue weighted by molar-refractivity contribution is 0.117. The quantitative estimate of drug-likeness (QED) is 0.658. The van der Waals surface area contributed by atoms with Crippen LogP contribution in [0.4, 0.5) is 10.6 Å². The predicted molar refractivity (Wildman–Crippen MR) is 95.0 cm³/mol. The van der Waals surface area contributed by atoms with Gasteiger partial charge in [-0.1, -0.05) is 6.07 Å². The number of hydrogen-bond acceptors (Lipinski definition) is 5. The van der Waals surface area contributed by atoms with Crippen molar-refractivity contribution in [1.82, 2.24) is 9.88 Å². The van der Waals surface area contributed by atoms with E-state index in [1.165, 1.54) is 4.90 Å². The van der Waals surface area contributed by atoms with Gasteiger partial charge in [0.2, 0.25) is 0 Å². The van der Waals surface area contributed by atoms with Gasteiger partial charge in [-0.25, -0.2) is 23.3 Å². The van der Waals surface area contributed by atoms with Crippen molar-refractivity contribution in [2.24, 2.45) is 11.1 Å². The molecule has 8 nitrogen and oxygen atoms in total. The molecule has 0 saturated carbocycles. The Kier molecular flexibility index (Phi) is 5.58. The highest BCUT2D eigenvalue weighted by Crippen LogP contribution is 2.34. The zero-order chi connectivity index (χ0) is 18.8. The summed E-state index contributed by atoms with van der Waals surface area (Å²) in [6.07, 6.45) is 1.71. The Hall–Kier alpha value is -1.87. The maximum Gasteiger partial charge on any atom is 0.407 e. The van der Waals surface area contributed by atoms with E-state index in [0.717, 1.165) is 19.3 Å². The standard InChI is InChI=1S/C16H26N4O4S/c1-11-6-7-13(19-14(11)25(17,23)24)18-8-4-5-12-9-16(2,3)20(10-12)15(21)22/h6-7,12H,4-5,8-10H2,1-3H3,(H,18,19)(H,21,22)(H2,17,23,24)/t12-/m0/s1. The number of nitrogens with zero attached hydrogens (tertiary/aromatic N) is 2. The first kappa shape index (κ1) is 19.5. The summed E-state index contributed by atoms with van der Waals surface area (Å²) >= 11 is 0. The number of aryl methyl sites for hydroxylation is 1. The zero-order valence-corrected chi connectivity index (χ0v) is 15.6. The molecule has 0 aliphatic carbocycles. The number of nitrogens with two attached hydrogens (primary N) is 1. The van der Waals surface area contributed by atoms with Gasteiger partial charge in [-0.05, 0) is 57.6 Å². The van der Waals surface area contributed by atoms with Crippen LogP contribution in [0.1, 0.15) is 38.7 Å². The Morgan fingerprint density at radius 2 is 2.16 bits per heavy atom. The number of rotatable bonds is 6. The number of aromatic nitrogens is 1. The van der Waals surface area contributed by atoms with Crippen LogP contribution in [0.2, 0.25) is 0 Å². The van der Waals surface area contributed by atoms with Crippen molar-refractivity contribution in [3.63, 3.8) is 0 Å². The molecule has 25 heavy (non-hydrogen) atoms. The molecule has 0 aromatic carbocycles. The van der Waals surface area contributed by atoms with Crippen LogP contribution in [-0.4, -0.2) is 48.1 Å². The van der Waals surface area contributed by atoms with Crippen LogP contribution in [-0.2, 0) is 10.0 Å². The first-order valence-electron chi connectivity index (χ1n) is 8.25. The van der Waals surface area contributed by atoms with Crippen LogP contribution in [0.5, 0.6) is 0 Å². The smallest absolute Gasteiger partial charge is 0.407 e. The van der Waals surface area contributed by atoms with Crippen LogP contribution in [0.15, 0.2) is 17.2 Å². The van der Waals surface area contributed by atoms with E-state index in [9.17, 15) is 18.3 Å². The third-order valence-corrected chi connectivity index (χ3v) is 5.56. The summed E-state index contributed by atoms with van der Waals surface area (Å²) in [6, 6.07) is 3.38. The van der Waals surface area contributed by atoms with E-state index in [0.29, 0.717) is 30.4 Å². The van der Waals surface area contributed by atoms with Crippen molar-refractivity contribution in [2.45, 2.75) is 50.6 Å². The molecule has 1 saturated heterocycles. The van der Waals surface area contributed by atoms with Gasteiger partial charge in [-0.15, -0.1) is 0 Å². The lowest BCUT2D eigenvalue weighted by Gasteiger charge is -2.28. The lowest BCUT2D eigenvalue weighted by atomic mass is 9.93. The monoisotopic (exact) mass is 370 g/mol. The second kappa shape index (κ2) is 7.17. The van der Waals surface area contributed by atoms with Gasteiger partial charge < -0.3 is 15.3 Å². The van der Waals surface area contributed by atoms with Crippen molar-refractivity contribution in [3.05, 3.63) is 17.7 Å². The Bertz CT molecular complexity index is 749. The van der Waals surface area contributed by atoms with Gasteiger partial charge in [0.25, 0.3) is 10.0 Å². The molecule has 0 spiro atoms. The summed E-state index contributed by atoms with van der Waals surface area (Å²) in [5.41, 5.74) is 0.183. The van der Waals surface area contributed by atoms with E-state index in [1.807, 2.05) is 13.8 Å². The van der Waals surface area contributed by atoms with Crippen LogP contribution < -0.4 is 10.5 Å². The number of sulfonamides is 1. The Labute approximate surface area is 148 Å². The van der Waals surface area contributed by atoms with Gasteiger partial charge in [0.1, 0.15) is 5.82 Å². The van der Waals surface area contributed by atoms with E-state index >= 15 is 0 Å². The van der Waals surface area contributed by atoms with E-state index < -0.39 is 16.1 Å². The number of carboxylic acid groups (broad SMARTS) is 1. The van der Waals surface area contributed by atoms with E-state index in [1.54, 1.807) is 19.1 Å². The molecule has 140 valence electrons. The number of pyridine rings is 1. The van der Waals surface area contributed by atoms with Crippen LogP contribution >= 0.6 is 0 Å². The molecule has 2 rings (SSSR count).